The minimum atomic E-state index is -2.85. The van der Waals surface area contributed by atoms with Gasteiger partial charge in [-0.15, -0.1) is 10.2 Å². The van der Waals surface area contributed by atoms with Gasteiger partial charge in [0.1, 0.15) is 5.75 Å². The van der Waals surface area contributed by atoms with E-state index < -0.39 is 6.61 Å². The largest absolute Gasteiger partial charge is 0.434 e. The molecule has 0 amide bonds. The molecule has 2 unspecified atom stereocenters. The van der Waals surface area contributed by atoms with Gasteiger partial charge in [0.05, 0.1) is 6.04 Å². The van der Waals surface area contributed by atoms with Crippen LogP contribution in [0.2, 0.25) is 0 Å². The van der Waals surface area contributed by atoms with Crippen molar-refractivity contribution in [2.24, 2.45) is 0 Å². The lowest BCUT2D eigenvalue weighted by Gasteiger charge is -2.20. The van der Waals surface area contributed by atoms with Crippen LogP contribution in [0.25, 0.3) is 0 Å². The fourth-order valence-electron chi connectivity index (χ4n) is 1.93. The summed E-state index contributed by atoms with van der Waals surface area (Å²) in [4.78, 5) is 0. The van der Waals surface area contributed by atoms with Gasteiger partial charge in [0.15, 0.2) is 5.82 Å². The Kier molecular flexibility index (Phi) is 4.57. The van der Waals surface area contributed by atoms with Gasteiger partial charge in [0.2, 0.25) is 0 Å². The summed E-state index contributed by atoms with van der Waals surface area (Å²) in [6.07, 6.45) is 0. The van der Waals surface area contributed by atoms with Crippen LogP contribution in [0.1, 0.15) is 37.3 Å². The molecule has 2 rings (SSSR count). The molecular formula is C12H15F2N5O. The number of aromatic amines is 1. The van der Waals surface area contributed by atoms with Crippen molar-refractivity contribution in [2.45, 2.75) is 32.5 Å². The Labute approximate surface area is 114 Å². The number of alkyl halides is 2. The van der Waals surface area contributed by atoms with E-state index in [1.54, 1.807) is 18.2 Å². The number of aromatic nitrogens is 4. The number of rotatable bonds is 6. The number of H-pyrrole nitrogens is 1. The van der Waals surface area contributed by atoms with Crippen LogP contribution in [0.4, 0.5) is 8.78 Å². The fourth-order valence-corrected chi connectivity index (χ4v) is 1.93. The smallest absolute Gasteiger partial charge is 0.387 e. The summed E-state index contributed by atoms with van der Waals surface area (Å²) in [5.74, 6) is 0.659. The van der Waals surface area contributed by atoms with E-state index in [1.807, 2.05) is 13.8 Å². The molecule has 2 atom stereocenters. The van der Waals surface area contributed by atoms with Crippen LogP contribution in [-0.4, -0.2) is 27.2 Å². The van der Waals surface area contributed by atoms with Crippen molar-refractivity contribution in [2.75, 3.05) is 0 Å². The molecule has 0 fully saturated rings. The van der Waals surface area contributed by atoms with Crippen molar-refractivity contribution in [1.82, 2.24) is 25.9 Å². The molecule has 0 saturated carbocycles. The maximum Gasteiger partial charge on any atom is 0.387 e. The molecule has 0 spiro atoms. The van der Waals surface area contributed by atoms with Crippen LogP contribution in [0.5, 0.6) is 5.75 Å². The van der Waals surface area contributed by atoms with E-state index in [0.717, 1.165) is 0 Å². The summed E-state index contributed by atoms with van der Waals surface area (Å²) >= 11 is 0. The number of hydrogen-bond donors (Lipinski definition) is 2. The number of benzene rings is 1. The molecule has 2 N–H and O–H groups in total. The van der Waals surface area contributed by atoms with E-state index in [9.17, 15) is 8.78 Å². The highest BCUT2D eigenvalue weighted by molar-refractivity contribution is 5.35. The SMILES string of the molecule is CC(NC(C)c1ccccc1OC(F)F)c1nn[nH]n1. The van der Waals surface area contributed by atoms with Crippen molar-refractivity contribution in [3.05, 3.63) is 35.7 Å². The Balaban J connectivity index is 2.10. The van der Waals surface area contributed by atoms with E-state index in [4.69, 9.17) is 0 Å². The number of halogens is 2. The summed E-state index contributed by atoms with van der Waals surface area (Å²) in [6.45, 7) is 0.861. The minimum absolute atomic E-state index is 0.155. The Morgan fingerprint density at radius 2 is 1.95 bits per heavy atom. The highest BCUT2D eigenvalue weighted by Crippen LogP contribution is 2.27. The molecule has 8 heteroatoms. The molecule has 0 aliphatic carbocycles. The second-order valence-corrected chi connectivity index (χ2v) is 4.30. The number of tetrazole rings is 1. The molecule has 1 aromatic heterocycles. The zero-order valence-corrected chi connectivity index (χ0v) is 11.0. The highest BCUT2D eigenvalue weighted by atomic mass is 19.3. The van der Waals surface area contributed by atoms with E-state index in [2.05, 4.69) is 30.7 Å². The predicted molar refractivity (Wildman–Crippen MR) is 67.2 cm³/mol. The second-order valence-electron chi connectivity index (χ2n) is 4.30. The van der Waals surface area contributed by atoms with Gasteiger partial charge in [-0.1, -0.05) is 23.4 Å². The van der Waals surface area contributed by atoms with Gasteiger partial charge >= 0.3 is 6.61 Å². The van der Waals surface area contributed by atoms with Gasteiger partial charge in [0.25, 0.3) is 0 Å². The lowest BCUT2D eigenvalue weighted by atomic mass is 10.1. The molecule has 20 heavy (non-hydrogen) atoms. The number of para-hydroxylation sites is 1. The summed E-state index contributed by atoms with van der Waals surface area (Å²) in [5.41, 5.74) is 0.642. The van der Waals surface area contributed by atoms with E-state index >= 15 is 0 Å². The number of hydrogen-bond acceptors (Lipinski definition) is 5. The first kappa shape index (κ1) is 14.3. The molecule has 108 valence electrons. The molecule has 1 aromatic carbocycles. The lowest BCUT2D eigenvalue weighted by molar-refractivity contribution is -0.0506. The first-order valence-electron chi connectivity index (χ1n) is 6.11. The van der Waals surface area contributed by atoms with Crippen LogP contribution in [0, 0.1) is 0 Å². The predicted octanol–water partition coefficient (Wildman–Crippen LogP) is 2.21. The number of nitrogens with one attached hydrogen (secondary N) is 2. The molecule has 0 bridgehead atoms. The van der Waals surface area contributed by atoms with Gasteiger partial charge in [-0.3, -0.25) is 0 Å². The third-order valence-corrected chi connectivity index (χ3v) is 2.85. The van der Waals surface area contributed by atoms with Crippen molar-refractivity contribution in [3.63, 3.8) is 0 Å². The molecule has 0 radical (unpaired) electrons. The van der Waals surface area contributed by atoms with E-state index in [0.29, 0.717) is 11.4 Å². The normalized spacial score (nSPS) is 14.2. The van der Waals surface area contributed by atoms with Crippen LogP contribution < -0.4 is 10.1 Å². The zero-order chi connectivity index (χ0) is 14.5. The Morgan fingerprint density at radius 1 is 1.20 bits per heavy atom. The summed E-state index contributed by atoms with van der Waals surface area (Å²) in [5, 5.41) is 16.8. The van der Waals surface area contributed by atoms with Crippen LogP contribution in [-0.2, 0) is 0 Å². The van der Waals surface area contributed by atoms with Crippen molar-refractivity contribution in [3.8, 4) is 5.75 Å². The fraction of sp³-hybridized carbons (Fsp3) is 0.417. The molecule has 0 aliphatic rings. The van der Waals surface area contributed by atoms with Crippen molar-refractivity contribution < 1.29 is 13.5 Å². The van der Waals surface area contributed by atoms with E-state index in [1.165, 1.54) is 6.07 Å². The van der Waals surface area contributed by atoms with Crippen LogP contribution in [0.3, 0.4) is 0 Å². The molecule has 0 aliphatic heterocycles. The average Bonchev–Trinajstić information content (AvgIpc) is 2.92. The Morgan fingerprint density at radius 3 is 2.60 bits per heavy atom. The van der Waals surface area contributed by atoms with Crippen molar-refractivity contribution in [1.29, 1.82) is 0 Å². The van der Waals surface area contributed by atoms with Crippen LogP contribution >= 0.6 is 0 Å². The maximum atomic E-state index is 12.4. The van der Waals surface area contributed by atoms with Gasteiger partial charge < -0.3 is 10.1 Å². The standard InChI is InChI=1S/C12H15F2N5O/c1-7(15-8(2)11-16-18-19-17-11)9-5-3-4-6-10(9)20-12(13)14/h3-8,12,15H,1-2H3,(H,16,17,18,19). The van der Waals surface area contributed by atoms with Gasteiger partial charge in [0, 0.05) is 11.6 Å². The maximum absolute atomic E-state index is 12.4. The lowest BCUT2D eigenvalue weighted by Crippen LogP contribution is -2.24. The van der Waals surface area contributed by atoms with Gasteiger partial charge in [-0.2, -0.15) is 14.0 Å². The zero-order valence-electron chi connectivity index (χ0n) is 11.0. The average molecular weight is 283 g/mol. The molecule has 6 nitrogen and oxygen atoms in total. The Hall–Kier alpha value is -2.09. The molecule has 2 aromatic rings. The first-order chi connectivity index (χ1) is 9.58. The third-order valence-electron chi connectivity index (χ3n) is 2.85. The monoisotopic (exact) mass is 283 g/mol. The quantitative estimate of drug-likeness (QED) is 0.850. The Bertz CT molecular complexity index is 534. The molecular weight excluding hydrogens is 268 g/mol. The summed E-state index contributed by atoms with van der Waals surface area (Å²) in [6, 6.07) is 6.28. The van der Waals surface area contributed by atoms with Gasteiger partial charge in [-0.25, -0.2) is 0 Å². The van der Waals surface area contributed by atoms with Crippen molar-refractivity contribution >= 4 is 0 Å². The first-order valence-corrected chi connectivity index (χ1v) is 6.11. The minimum Gasteiger partial charge on any atom is -0.434 e. The van der Waals surface area contributed by atoms with Gasteiger partial charge in [-0.05, 0) is 19.9 Å². The summed E-state index contributed by atoms with van der Waals surface area (Å²) < 4.78 is 29.3. The molecule has 0 saturated heterocycles. The van der Waals surface area contributed by atoms with E-state index in [-0.39, 0.29) is 17.8 Å². The topological polar surface area (TPSA) is 75.7 Å². The number of nitrogens with zero attached hydrogens (tertiary/aromatic N) is 3. The summed E-state index contributed by atoms with van der Waals surface area (Å²) in [7, 11) is 0. The number of ether oxygens (including phenoxy) is 1. The third kappa shape index (κ3) is 3.47. The second kappa shape index (κ2) is 6.38. The van der Waals surface area contributed by atoms with Crippen LogP contribution in [0.15, 0.2) is 24.3 Å². The highest BCUT2D eigenvalue weighted by Gasteiger charge is 2.18. The molecule has 1 heterocycles.